The second-order valence-electron chi connectivity index (χ2n) is 6.39. The first-order chi connectivity index (χ1) is 11.9. The fourth-order valence-electron chi connectivity index (χ4n) is 3.07. The summed E-state index contributed by atoms with van der Waals surface area (Å²) in [5, 5.41) is 7.13. The Hall–Kier alpha value is -1.77. The molecule has 0 saturated carbocycles. The largest absolute Gasteiger partial charge is 0.241 e. The van der Waals surface area contributed by atoms with Gasteiger partial charge in [-0.2, -0.15) is 0 Å². The lowest BCUT2D eigenvalue weighted by Crippen LogP contribution is -2.33. The summed E-state index contributed by atoms with van der Waals surface area (Å²) in [5.74, 6) is 1.34. The molecule has 1 aliphatic rings. The summed E-state index contributed by atoms with van der Waals surface area (Å²) in [6.45, 7) is 1.91. The predicted octanol–water partition coefficient (Wildman–Crippen LogP) is 3.26. The molecular formula is C16H15ClN4O2S2. The van der Waals surface area contributed by atoms with Gasteiger partial charge >= 0.3 is 0 Å². The molecule has 0 bridgehead atoms. The van der Waals surface area contributed by atoms with E-state index in [-0.39, 0.29) is 11.5 Å². The van der Waals surface area contributed by atoms with E-state index in [1.54, 1.807) is 22.3 Å². The molecule has 130 valence electrons. The molecule has 1 saturated heterocycles. The standard InChI is InChI=1S/C16H15ClN4O2S2/c1-16(6-7-25(22,23)9-16)21-15(11-2-4-12(17)5-3-11)19-14(20-21)13-8-24-10-18-13/h2-5,8,10H,6-7,9H2,1H3. The lowest BCUT2D eigenvalue weighted by Gasteiger charge is -2.24. The topological polar surface area (TPSA) is 77.7 Å². The van der Waals surface area contributed by atoms with Gasteiger partial charge in [0.25, 0.3) is 0 Å². The third kappa shape index (κ3) is 3.09. The van der Waals surface area contributed by atoms with Crippen LogP contribution in [0.1, 0.15) is 13.3 Å². The molecule has 1 atom stereocenters. The van der Waals surface area contributed by atoms with Crippen molar-refractivity contribution in [3.05, 3.63) is 40.2 Å². The van der Waals surface area contributed by atoms with Crippen LogP contribution in [0.2, 0.25) is 5.02 Å². The SMILES string of the molecule is CC1(n2nc(-c3cscn3)nc2-c2ccc(Cl)cc2)CCS(=O)(=O)C1. The van der Waals surface area contributed by atoms with E-state index < -0.39 is 15.4 Å². The zero-order valence-corrected chi connectivity index (χ0v) is 15.8. The van der Waals surface area contributed by atoms with Crippen LogP contribution in [-0.4, -0.2) is 39.7 Å². The molecule has 0 N–H and O–H groups in total. The molecule has 25 heavy (non-hydrogen) atoms. The average molecular weight is 395 g/mol. The van der Waals surface area contributed by atoms with Crippen LogP contribution in [0, 0.1) is 0 Å². The zero-order valence-electron chi connectivity index (χ0n) is 13.4. The van der Waals surface area contributed by atoms with Crippen LogP contribution >= 0.6 is 22.9 Å². The maximum atomic E-state index is 12.1. The molecule has 6 nitrogen and oxygen atoms in total. The van der Waals surface area contributed by atoms with Crippen LogP contribution in [0.15, 0.2) is 35.2 Å². The van der Waals surface area contributed by atoms with Crippen LogP contribution in [0.4, 0.5) is 0 Å². The molecule has 1 fully saturated rings. The Morgan fingerprint density at radius 1 is 1.28 bits per heavy atom. The van der Waals surface area contributed by atoms with Gasteiger partial charge in [0.1, 0.15) is 5.69 Å². The van der Waals surface area contributed by atoms with Gasteiger partial charge in [-0.05, 0) is 37.6 Å². The van der Waals surface area contributed by atoms with Crippen molar-refractivity contribution in [3.63, 3.8) is 0 Å². The average Bonchev–Trinajstić information content (AvgIpc) is 3.27. The zero-order chi connectivity index (χ0) is 17.7. The second kappa shape index (κ2) is 5.89. The van der Waals surface area contributed by atoms with E-state index in [0.717, 1.165) is 5.56 Å². The van der Waals surface area contributed by atoms with E-state index >= 15 is 0 Å². The number of benzene rings is 1. The highest BCUT2D eigenvalue weighted by molar-refractivity contribution is 7.91. The van der Waals surface area contributed by atoms with Gasteiger partial charge in [-0.3, -0.25) is 0 Å². The number of hydrogen-bond donors (Lipinski definition) is 0. The molecule has 3 aromatic rings. The fourth-order valence-corrected chi connectivity index (χ4v) is 5.83. The van der Waals surface area contributed by atoms with Gasteiger partial charge in [-0.1, -0.05) is 11.6 Å². The van der Waals surface area contributed by atoms with Gasteiger partial charge < -0.3 is 0 Å². The molecule has 9 heteroatoms. The Labute approximate surface area is 154 Å². The summed E-state index contributed by atoms with van der Waals surface area (Å²) in [5.41, 5.74) is 2.61. The molecule has 1 unspecified atom stereocenters. The van der Waals surface area contributed by atoms with Crippen molar-refractivity contribution in [2.75, 3.05) is 11.5 Å². The first-order valence-electron chi connectivity index (χ1n) is 7.69. The highest BCUT2D eigenvalue weighted by Gasteiger charge is 2.42. The quantitative estimate of drug-likeness (QED) is 0.681. The second-order valence-corrected chi connectivity index (χ2v) is 9.73. The first kappa shape index (κ1) is 16.7. The van der Waals surface area contributed by atoms with E-state index in [1.165, 1.54) is 11.3 Å². The highest BCUT2D eigenvalue weighted by atomic mass is 35.5. The van der Waals surface area contributed by atoms with Crippen LogP contribution < -0.4 is 0 Å². The summed E-state index contributed by atoms with van der Waals surface area (Å²) in [6, 6.07) is 7.29. The minimum Gasteiger partial charge on any atom is -0.241 e. The summed E-state index contributed by atoms with van der Waals surface area (Å²) in [7, 11) is -3.08. The fraction of sp³-hybridized carbons (Fsp3) is 0.312. The van der Waals surface area contributed by atoms with Gasteiger partial charge in [0, 0.05) is 16.0 Å². The summed E-state index contributed by atoms with van der Waals surface area (Å²) >= 11 is 7.45. The Bertz CT molecular complexity index is 1010. The van der Waals surface area contributed by atoms with Crippen molar-refractivity contribution in [2.45, 2.75) is 18.9 Å². The molecule has 0 spiro atoms. The maximum Gasteiger partial charge on any atom is 0.201 e. The Morgan fingerprint density at radius 2 is 2.04 bits per heavy atom. The van der Waals surface area contributed by atoms with Crippen molar-refractivity contribution in [3.8, 4) is 22.9 Å². The lowest BCUT2D eigenvalue weighted by molar-refractivity contribution is 0.332. The third-order valence-electron chi connectivity index (χ3n) is 4.36. The van der Waals surface area contributed by atoms with Gasteiger partial charge in [-0.25, -0.2) is 23.1 Å². The molecular weight excluding hydrogens is 380 g/mol. The third-order valence-corrected chi connectivity index (χ3v) is 7.09. The molecule has 1 aliphatic heterocycles. The number of halogens is 1. The van der Waals surface area contributed by atoms with E-state index in [2.05, 4.69) is 15.1 Å². The number of nitrogens with zero attached hydrogens (tertiary/aromatic N) is 4. The van der Waals surface area contributed by atoms with Crippen molar-refractivity contribution in [1.82, 2.24) is 19.7 Å². The van der Waals surface area contributed by atoms with Crippen molar-refractivity contribution in [2.24, 2.45) is 0 Å². The van der Waals surface area contributed by atoms with Gasteiger partial charge in [0.05, 0.1) is 22.6 Å². The van der Waals surface area contributed by atoms with E-state index in [0.29, 0.717) is 28.8 Å². The van der Waals surface area contributed by atoms with Crippen LogP contribution in [0.5, 0.6) is 0 Å². The van der Waals surface area contributed by atoms with Crippen LogP contribution in [0.3, 0.4) is 0 Å². The molecule has 0 radical (unpaired) electrons. The van der Waals surface area contributed by atoms with E-state index in [4.69, 9.17) is 11.6 Å². The van der Waals surface area contributed by atoms with Gasteiger partial charge in [-0.15, -0.1) is 16.4 Å². The highest BCUT2D eigenvalue weighted by Crippen LogP contribution is 2.35. The Kier molecular flexibility index (Phi) is 3.93. The monoisotopic (exact) mass is 394 g/mol. The van der Waals surface area contributed by atoms with Crippen LogP contribution in [0.25, 0.3) is 22.9 Å². The number of thiazole rings is 1. The van der Waals surface area contributed by atoms with Gasteiger partial charge in [0.2, 0.25) is 5.82 Å². The number of hydrogen-bond acceptors (Lipinski definition) is 6. The number of aromatic nitrogens is 4. The minimum absolute atomic E-state index is 0.0560. The normalized spacial score (nSPS) is 22.3. The maximum absolute atomic E-state index is 12.1. The Morgan fingerprint density at radius 3 is 2.64 bits per heavy atom. The van der Waals surface area contributed by atoms with Gasteiger partial charge in [0.15, 0.2) is 15.7 Å². The molecule has 4 rings (SSSR count). The summed E-state index contributed by atoms with van der Waals surface area (Å²) in [6.07, 6.45) is 0.510. The number of rotatable bonds is 3. The smallest absolute Gasteiger partial charge is 0.201 e. The lowest BCUT2D eigenvalue weighted by atomic mass is 10.0. The van der Waals surface area contributed by atoms with Crippen molar-refractivity contribution < 1.29 is 8.42 Å². The molecule has 1 aromatic carbocycles. The minimum atomic E-state index is -3.08. The van der Waals surface area contributed by atoms with Crippen molar-refractivity contribution in [1.29, 1.82) is 0 Å². The number of sulfone groups is 1. The van der Waals surface area contributed by atoms with E-state index in [1.807, 2.05) is 24.4 Å². The molecule has 0 aliphatic carbocycles. The summed E-state index contributed by atoms with van der Waals surface area (Å²) in [4.78, 5) is 8.92. The first-order valence-corrected chi connectivity index (χ1v) is 10.8. The van der Waals surface area contributed by atoms with Crippen molar-refractivity contribution >= 4 is 32.8 Å². The van der Waals surface area contributed by atoms with E-state index in [9.17, 15) is 8.42 Å². The summed E-state index contributed by atoms with van der Waals surface area (Å²) < 4.78 is 25.9. The molecule has 3 heterocycles. The molecule has 2 aromatic heterocycles. The predicted molar refractivity (Wildman–Crippen MR) is 98.5 cm³/mol. The Balaban J connectivity index is 1.88. The molecule has 0 amide bonds. The van der Waals surface area contributed by atoms with Crippen LogP contribution in [-0.2, 0) is 15.4 Å².